The largest absolute Gasteiger partial charge is 0.0836 e. The van der Waals surface area contributed by atoms with E-state index in [0.29, 0.717) is 20.1 Å². The van der Waals surface area contributed by atoms with Crippen molar-refractivity contribution >= 4 is 89.5 Å². The molecule has 5 aromatic rings. The molecule has 0 amide bonds. The molecule has 0 N–H and O–H groups in total. The second-order valence-electron chi connectivity index (χ2n) is 5.87. The van der Waals surface area contributed by atoms with Crippen LogP contribution in [0.5, 0.6) is 0 Å². The predicted molar refractivity (Wildman–Crippen MR) is 108 cm³/mol. The van der Waals surface area contributed by atoms with Crippen LogP contribution >= 0.6 is 46.4 Å². The van der Waals surface area contributed by atoms with Crippen LogP contribution in [-0.4, -0.2) is 0 Å². The van der Waals surface area contributed by atoms with Crippen LogP contribution in [0.1, 0.15) is 0 Å². The van der Waals surface area contributed by atoms with Gasteiger partial charge in [-0.2, -0.15) is 0 Å². The molecule has 24 heavy (non-hydrogen) atoms. The fraction of sp³-hybridized carbons (Fsp3) is 0. The Morgan fingerprint density at radius 2 is 1.08 bits per heavy atom. The summed E-state index contributed by atoms with van der Waals surface area (Å²) in [6.07, 6.45) is 0. The predicted octanol–water partition coefficient (Wildman–Crippen LogP) is 8.35. The third-order valence-electron chi connectivity index (χ3n) is 4.69. The Labute approximate surface area is 157 Å². The number of rotatable bonds is 0. The van der Waals surface area contributed by atoms with Crippen LogP contribution < -0.4 is 0 Å². The van der Waals surface area contributed by atoms with Crippen molar-refractivity contribution < 1.29 is 0 Å². The SMILES string of the molecule is Clc1c(Cl)c2c(Cl)ccc3c4cccc5cccc(c(c1Cl)c23)c54. The van der Waals surface area contributed by atoms with Gasteiger partial charge in [0.15, 0.2) is 0 Å². The Balaban J connectivity index is 2.32. The van der Waals surface area contributed by atoms with Gasteiger partial charge in [-0.15, -0.1) is 0 Å². The first-order valence-electron chi connectivity index (χ1n) is 7.40. The molecule has 5 rings (SSSR count). The highest BCUT2D eigenvalue weighted by Gasteiger charge is 2.21. The Morgan fingerprint density at radius 3 is 1.83 bits per heavy atom. The minimum absolute atomic E-state index is 0.344. The van der Waals surface area contributed by atoms with Gasteiger partial charge in [-0.25, -0.2) is 0 Å². The van der Waals surface area contributed by atoms with Crippen molar-refractivity contribution in [2.24, 2.45) is 0 Å². The van der Waals surface area contributed by atoms with Crippen molar-refractivity contribution in [3.63, 3.8) is 0 Å². The van der Waals surface area contributed by atoms with Gasteiger partial charge < -0.3 is 0 Å². The van der Waals surface area contributed by atoms with E-state index >= 15 is 0 Å². The van der Waals surface area contributed by atoms with Crippen LogP contribution in [0.25, 0.3) is 43.1 Å². The maximum Gasteiger partial charge on any atom is 0.0791 e. The lowest BCUT2D eigenvalue weighted by Crippen LogP contribution is -1.90. The standard InChI is InChI=1S/C20H8Cl4/c21-13-8-7-11-10-5-1-3-9-4-2-6-12(14(9)10)16-15(11)17(13)19(23)20(24)18(16)22/h1-8H. The monoisotopic (exact) mass is 388 g/mol. The van der Waals surface area contributed by atoms with Crippen molar-refractivity contribution in [3.05, 3.63) is 68.6 Å². The Hall–Kier alpha value is -1.44. The van der Waals surface area contributed by atoms with Gasteiger partial charge in [0.25, 0.3) is 0 Å². The molecule has 0 saturated heterocycles. The van der Waals surface area contributed by atoms with Crippen LogP contribution in [-0.2, 0) is 0 Å². The maximum absolute atomic E-state index is 6.63. The number of hydrogen-bond acceptors (Lipinski definition) is 0. The second-order valence-corrected chi connectivity index (χ2v) is 7.41. The van der Waals surface area contributed by atoms with Crippen LogP contribution in [0.15, 0.2) is 48.5 Å². The van der Waals surface area contributed by atoms with E-state index in [1.54, 1.807) is 0 Å². The molecule has 4 heteroatoms. The summed E-state index contributed by atoms with van der Waals surface area (Å²) in [5.74, 6) is 0. The van der Waals surface area contributed by atoms with E-state index in [4.69, 9.17) is 46.4 Å². The minimum atomic E-state index is 0.344. The Bertz CT molecular complexity index is 1280. The van der Waals surface area contributed by atoms with E-state index in [-0.39, 0.29) is 0 Å². The summed E-state index contributed by atoms with van der Waals surface area (Å²) in [7, 11) is 0. The third-order valence-corrected chi connectivity index (χ3v) is 6.34. The third kappa shape index (κ3) is 1.72. The zero-order chi connectivity index (χ0) is 16.6. The van der Waals surface area contributed by atoms with Gasteiger partial charge in [0.2, 0.25) is 0 Å². The van der Waals surface area contributed by atoms with Crippen LogP contribution in [0.4, 0.5) is 0 Å². The molecule has 0 saturated carbocycles. The zero-order valence-electron chi connectivity index (χ0n) is 12.1. The molecule has 0 fully saturated rings. The van der Waals surface area contributed by atoms with Gasteiger partial charge in [0.1, 0.15) is 0 Å². The fourth-order valence-electron chi connectivity index (χ4n) is 3.73. The van der Waals surface area contributed by atoms with Crippen molar-refractivity contribution in [3.8, 4) is 0 Å². The molecule has 0 nitrogen and oxygen atoms in total. The zero-order valence-corrected chi connectivity index (χ0v) is 15.2. The molecule has 0 atom stereocenters. The van der Waals surface area contributed by atoms with Gasteiger partial charge in [0.05, 0.1) is 20.1 Å². The number of hydrogen-bond donors (Lipinski definition) is 0. The summed E-state index contributed by atoms with van der Waals surface area (Å²) in [5.41, 5.74) is 0. The molecule has 0 aromatic heterocycles. The molecule has 0 unspecified atom stereocenters. The first kappa shape index (κ1) is 14.9. The first-order valence-corrected chi connectivity index (χ1v) is 8.92. The summed E-state index contributed by atoms with van der Waals surface area (Å²) in [4.78, 5) is 0. The smallest absolute Gasteiger partial charge is 0.0791 e. The van der Waals surface area contributed by atoms with Gasteiger partial charge >= 0.3 is 0 Å². The average Bonchev–Trinajstić information content (AvgIpc) is 2.59. The summed E-state index contributed by atoms with van der Waals surface area (Å²) in [5, 5.41) is 10.1. The van der Waals surface area contributed by atoms with Crippen LogP contribution in [0.3, 0.4) is 0 Å². The molecule has 0 aliphatic rings. The van der Waals surface area contributed by atoms with E-state index < -0.39 is 0 Å². The number of fused-ring (bicyclic) bond motifs is 2. The van der Waals surface area contributed by atoms with E-state index in [2.05, 4.69) is 30.3 Å². The maximum atomic E-state index is 6.63. The van der Waals surface area contributed by atoms with Gasteiger partial charge in [0, 0.05) is 16.2 Å². The molecule has 0 heterocycles. The minimum Gasteiger partial charge on any atom is -0.0836 e. The topological polar surface area (TPSA) is 0 Å². The highest BCUT2D eigenvalue weighted by molar-refractivity contribution is 6.57. The van der Waals surface area contributed by atoms with E-state index in [1.165, 1.54) is 10.8 Å². The van der Waals surface area contributed by atoms with Crippen molar-refractivity contribution in [2.75, 3.05) is 0 Å². The van der Waals surface area contributed by atoms with Gasteiger partial charge in [-0.05, 0) is 33.0 Å². The normalized spacial score (nSPS) is 12.2. The highest BCUT2D eigenvalue weighted by Crippen LogP contribution is 2.50. The summed E-state index contributed by atoms with van der Waals surface area (Å²) in [6, 6.07) is 16.4. The van der Waals surface area contributed by atoms with Gasteiger partial charge in [-0.1, -0.05) is 88.9 Å². The lowest BCUT2D eigenvalue weighted by molar-refractivity contribution is 1.78. The van der Waals surface area contributed by atoms with Crippen LogP contribution in [0.2, 0.25) is 20.1 Å². The van der Waals surface area contributed by atoms with Crippen molar-refractivity contribution in [1.82, 2.24) is 0 Å². The molecular weight excluding hydrogens is 382 g/mol. The summed E-state index contributed by atoms with van der Waals surface area (Å²) < 4.78 is 0. The Morgan fingerprint density at radius 1 is 0.458 bits per heavy atom. The molecule has 0 bridgehead atoms. The molecular formula is C20H8Cl4. The summed E-state index contributed by atoms with van der Waals surface area (Å²) >= 11 is 26.0. The van der Waals surface area contributed by atoms with Crippen molar-refractivity contribution in [1.29, 1.82) is 0 Å². The molecule has 5 aromatic carbocycles. The quantitative estimate of drug-likeness (QED) is 0.142. The van der Waals surface area contributed by atoms with Crippen molar-refractivity contribution in [2.45, 2.75) is 0 Å². The molecule has 0 spiro atoms. The molecule has 116 valence electrons. The van der Waals surface area contributed by atoms with E-state index in [1.807, 2.05) is 18.2 Å². The number of benzene rings is 5. The highest BCUT2D eigenvalue weighted by atomic mass is 35.5. The molecule has 0 aliphatic carbocycles. The molecule has 0 radical (unpaired) electrons. The first-order chi connectivity index (χ1) is 11.6. The lowest BCUT2D eigenvalue weighted by atomic mass is 9.90. The van der Waals surface area contributed by atoms with E-state index in [0.717, 1.165) is 32.3 Å². The summed E-state index contributed by atoms with van der Waals surface area (Å²) in [6.45, 7) is 0. The lowest BCUT2D eigenvalue weighted by Gasteiger charge is -2.18. The fourth-order valence-corrected chi connectivity index (χ4v) is 4.85. The average molecular weight is 390 g/mol. The Kier molecular flexibility index (Phi) is 3.12. The second kappa shape index (κ2) is 5.03. The number of halogens is 4. The molecule has 0 aliphatic heterocycles. The van der Waals surface area contributed by atoms with E-state index in [9.17, 15) is 0 Å². The van der Waals surface area contributed by atoms with Crippen LogP contribution in [0, 0.1) is 0 Å². The van der Waals surface area contributed by atoms with Gasteiger partial charge in [-0.3, -0.25) is 0 Å².